The van der Waals surface area contributed by atoms with Crippen molar-refractivity contribution in [1.29, 1.82) is 0 Å². The van der Waals surface area contributed by atoms with Gasteiger partial charge in [-0.3, -0.25) is 0 Å². The second kappa shape index (κ2) is 4.50. The molecule has 2 N–H and O–H groups in total. The Morgan fingerprint density at radius 1 is 1.11 bits per heavy atom. The number of hydrogen-bond donors (Lipinski definition) is 1. The molecule has 0 saturated carbocycles. The highest BCUT2D eigenvalue weighted by molar-refractivity contribution is 5.63. The molecule has 0 bridgehead atoms. The average Bonchev–Trinajstić information content (AvgIpc) is 3.07. The highest BCUT2D eigenvalue weighted by atomic mass is 16.3. The molecule has 0 saturated heterocycles. The number of benzene rings is 1. The molecule has 0 atom stereocenters. The molecule has 0 fully saturated rings. The lowest BCUT2D eigenvalue weighted by Gasteiger charge is -2.06. The first-order valence-corrected chi connectivity index (χ1v) is 5.76. The molecular formula is C14H13N3O. The third-order valence-corrected chi connectivity index (χ3v) is 2.85. The van der Waals surface area contributed by atoms with E-state index in [1.165, 1.54) is 0 Å². The number of aromatic nitrogens is 2. The molecule has 2 aromatic heterocycles. The van der Waals surface area contributed by atoms with Gasteiger partial charge in [0.05, 0.1) is 30.4 Å². The van der Waals surface area contributed by atoms with Gasteiger partial charge in [0.25, 0.3) is 0 Å². The van der Waals surface area contributed by atoms with Crippen molar-refractivity contribution in [3.63, 3.8) is 0 Å². The fourth-order valence-electron chi connectivity index (χ4n) is 2.01. The summed E-state index contributed by atoms with van der Waals surface area (Å²) in [5.74, 6) is 0.771. The molecule has 90 valence electrons. The van der Waals surface area contributed by atoms with Gasteiger partial charge >= 0.3 is 0 Å². The van der Waals surface area contributed by atoms with Crippen LogP contribution in [-0.4, -0.2) is 9.78 Å². The number of para-hydroxylation sites is 1. The zero-order chi connectivity index (χ0) is 12.4. The minimum atomic E-state index is 0.377. The van der Waals surface area contributed by atoms with Crippen LogP contribution >= 0.6 is 0 Å². The Hall–Kier alpha value is -2.33. The van der Waals surface area contributed by atoms with Crippen molar-refractivity contribution in [3.05, 3.63) is 60.7 Å². The molecular weight excluding hydrogens is 226 g/mol. The minimum Gasteiger partial charge on any atom is -0.467 e. The first kappa shape index (κ1) is 10.8. The van der Waals surface area contributed by atoms with Gasteiger partial charge < -0.3 is 10.2 Å². The Labute approximate surface area is 105 Å². The highest BCUT2D eigenvalue weighted by Gasteiger charge is 2.12. The molecule has 0 aliphatic rings. The van der Waals surface area contributed by atoms with Crippen LogP contribution in [0.4, 0.5) is 0 Å². The number of furan rings is 1. The Balaban J connectivity index is 2.13. The van der Waals surface area contributed by atoms with Crippen LogP contribution in [0.1, 0.15) is 5.76 Å². The fraction of sp³-hybridized carbons (Fsp3) is 0.0714. The van der Waals surface area contributed by atoms with Crippen LogP contribution in [0.3, 0.4) is 0 Å². The Kier molecular flexibility index (Phi) is 2.70. The predicted octanol–water partition coefficient (Wildman–Crippen LogP) is 2.59. The Bertz CT molecular complexity index is 640. The van der Waals surface area contributed by atoms with Gasteiger partial charge in [-0.05, 0) is 24.3 Å². The van der Waals surface area contributed by atoms with E-state index in [1.807, 2.05) is 47.1 Å². The summed E-state index contributed by atoms with van der Waals surface area (Å²) in [5.41, 5.74) is 8.65. The molecule has 2 heterocycles. The number of nitrogens with two attached hydrogens (primary N) is 1. The SMILES string of the molecule is NCc1occc1-c1ccnn1-c1ccccc1. The van der Waals surface area contributed by atoms with Crippen molar-refractivity contribution in [2.45, 2.75) is 6.54 Å². The van der Waals surface area contributed by atoms with Crippen LogP contribution in [0, 0.1) is 0 Å². The molecule has 1 aromatic carbocycles. The van der Waals surface area contributed by atoms with Crippen molar-refractivity contribution in [3.8, 4) is 16.9 Å². The topological polar surface area (TPSA) is 57.0 Å². The lowest BCUT2D eigenvalue weighted by atomic mass is 10.1. The van der Waals surface area contributed by atoms with Crippen LogP contribution in [-0.2, 0) is 6.54 Å². The molecule has 0 radical (unpaired) electrons. The van der Waals surface area contributed by atoms with E-state index in [4.69, 9.17) is 10.2 Å². The first-order chi connectivity index (χ1) is 8.90. The number of nitrogens with zero attached hydrogens (tertiary/aromatic N) is 2. The van der Waals surface area contributed by atoms with Gasteiger partial charge in [-0.25, -0.2) is 4.68 Å². The zero-order valence-electron chi connectivity index (χ0n) is 9.78. The summed E-state index contributed by atoms with van der Waals surface area (Å²) >= 11 is 0. The smallest absolute Gasteiger partial charge is 0.126 e. The molecule has 4 nitrogen and oxygen atoms in total. The normalized spacial score (nSPS) is 10.7. The largest absolute Gasteiger partial charge is 0.467 e. The van der Waals surface area contributed by atoms with Crippen LogP contribution in [0.5, 0.6) is 0 Å². The first-order valence-electron chi connectivity index (χ1n) is 5.76. The quantitative estimate of drug-likeness (QED) is 0.764. The minimum absolute atomic E-state index is 0.377. The Morgan fingerprint density at radius 2 is 1.94 bits per heavy atom. The maximum atomic E-state index is 5.67. The van der Waals surface area contributed by atoms with Gasteiger partial charge in [0.15, 0.2) is 0 Å². The van der Waals surface area contributed by atoms with Crippen molar-refractivity contribution < 1.29 is 4.42 Å². The summed E-state index contributed by atoms with van der Waals surface area (Å²) in [6.07, 6.45) is 3.43. The summed E-state index contributed by atoms with van der Waals surface area (Å²) in [6.45, 7) is 0.377. The van der Waals surface area contributed by atoms with Crippen LogP contribution < -0.4 is 5.73 Å². The van der Waals surface area contributed by atoms with E-state index in [-0.39, 0.29) is 0 Å². The fourth-order valence-corrected chi connectivity index (χ4v) is 2.01. The monoisotopic (exact) mass is 239 g/mol. The second-order valence-electron chi connectivity index (χ2n) is 3.93. The molecule has 3 aromatic rings. The van der Waals surface area contributed by atoms with Gasteiger partial charge in [0.1, 0.15) is 5.76 Å². The molecule has 4 heteroatoms. The molecule has 0 amide bonds. The molecule has 0 aliphatic carbocycles. The van der Waals surface area contributed by atoms with Gasteiger partial charge in [-0.1, -0.05) is 18.2 Å². The zero-order valence-corrected chi connectivity index (χ0v) is 9.78. The summed E-state index contributed by atoms with van der Waals surface area (Å²) < 4.78 is 7.24. The standard InChI is InChI=1S/C14H13N3O/c15-10-14-12(7-9-18-14)13-6-8-16-17(13)11-4-2-1-3-5-11/h1-9H,10,15H2. The van der Waals surface area contributed by atoms with E-state index in [2.05, 4.69) is 5.10 Å². The van der Waals surface area contributed by atoms with Crippen molar-refractivity contribution in [1.82, 2.24) is 9.78 Å². The van der Waals surface area contributed by atoms with Gasteiger partial charge in [0, 0.05) is 5.56 Å². The predicted molar refractivity (Wildman–Crippen MR) is 69.2 cm³/mol. The third kappa shape index (κ3) is 1.72. The number of hydrogen-bond acceptors (Lipinski definition) is 3. The lowest BCUT2D eigenvalue weighted by molar-refractivity contribution is 0.513. The van der Waals surface area contributed by atoms with Crippen molar-refractivity contribution in [2.24, 2.45) is 5.73 Å². The molecule has 0 unspecified atom stereocenters. The van der Waals surface area contributed by atoms with E-state index < -0.39 is 0 Å². The van der Waals surface area contributed by atoms with E-state index in [0.717, 1.165) is 22.7 Å². The van der Waals surface area contributed by atoms with E-state index >= 15 is 0 Å². The highest BCUT2D eigenvalue weighted by Crippen LogP contribution is 2.26. The van der Waals surface area contributed by atoms with Gasteiger partial charge in [-0.2, -0.15) is 5.10 Å². The lowest BCUT2D eigenvalue weighted by Crippen LogP contribution is -2.01. The maximum Gasteiger partial charge on any atom is 0.126 e. The molecule has 3 rings (SSSR count). The average molecular weight is 239 g/mol. The Morgan fingerprint density at radius 3 is 2.72 bits per heavy atom. The number of rotatable bonds is 3. The van der Waals surface area contributed by atoms with Crippen molar-refractivity contribution >= 4 is 0 Å². The summed E-state index contributed by atoms with van der Waals surface area (Å²) in [7, 11) is 0. The van der Waals surface area contributed by atoms with E-state index in [9.17, 15) is 0 Å². The van der Waals surface area contributed by atoms with Crippen LogP contribution in [0.25, 0.3) is 16.9 Å². The molecule has 0 spiro atoms. The maximum absolute atomic E-state index is 5.67. The van der Waals surface area contributed by atoms with Crippen molar-refractivity contribution in [2.75, 3.05) is 0 Å². The third-order valence-electron chi connectivity index (χ3n) is 2.85. The van der Waals surface area contributed by atoms with E-state index in [1.54, 1.807) is 12.5 Å². The molecule has 18 heavy (non-hydrogen) atoms. The van der Waals surface area contributed by atoms with Gasteiger partial charge in [-0.15, -0.1) is 0 Å². The van der Waals surface area contributed by atoms with E-state index in [0.29, 0.717) is 6.54 Å². The van der Waals surface area contributed by atoms with Gasteiger partial charge in [0.2, 0.25) is 0 Å². The summed E-state index contributed by atoms with van der Waals surface area (Å²) in [6, 6.07) is 13.9. The second-order valence-corrected chi connectivity index (χ2v) is 3.93. The van der Waals surface area contributed by atoms with Crippen LogP contribution in [0.2, 0.25) is 0 Å². The summed E-state index contributed by atoms with van der Waals surface area (Å²) in [4.78, 5) is 0. The molecule has 0 aliphatic heterocycles. The summed E-state index contributed by atoms with van der Waals surface area (Å²) in [5, 5.41) is 4.35. The van der Waals surface area contributed by atoms with Crippen LogP contribution in [0.15, 0.2) is 59.3 Å².